The second-order valence-corrected chi connectivity index (χ2v) is 19.3. The van der Waals surface area contributed by atoms with Crippen molar-refractivity contribution < 1.29 is 28.6 Å². The molecule has 0 radical (unpaired) electrons. The number of unbranched alkanes of at least 4 members (excludes halogenated alkanes) is 33. The first-order valence-corrected chi connectivity index (χ1v) is 28.8. The highest BCUT2D eigenvalue weighted by Gasteiger charge is 2.19. The van der Waals surface area contributed by atoms with Crippen LogP contribution in [0.4, 0.5) is 0 Å². The molecular weight excluding hydrogens is 829 g/mol. The Morgan fingerprint density at radius 2 is 0.627 bits per heavy atom. The number of carbonyl (C=O) groups is 3. The number of hydrogen-bond donors (Lipinski definition) is 0. The van der Waals surface area contributed by atoms with Gasteiger partial charge >= 0.3 is 17.9 Å². The second-order valence-electron chi connectivity index (χ2n) is 19.3. The average molecular weight is 938 g/mol. The van der Waals surface area contributed by atoms with E-state index in [2.05, 4.69) is 75.5 Å². The van der Waals surface area contributed by atoms with Crippen LogP contribution in [-0.2, 0) is 28.6 Å². The van der Waals surface area contributed by atoms with Crippen LogP contribution in [0.1, 0.15) is 290 Å². The highest BCUT2D eigenvalue weighted by molar-refractivity contribution is 5.71. The third kappa shape index (κ3) is 53.9. The lowest BCUT2D eigenvalue weighted by Gasteiger charge is -2.18. The van der Waals surface area contributed by atoms with Crippen LogP contribution >= 0.6 is 0 Å². The minimum atomic E-state index is -0.803. The molecule has 0 aliphatic heterocycles. The first-order chi connectivity index (χ1) is 33.0. The molecule has 0 bridgehead atoms. The van der Waals surface area contributed by atoms with E-state index in [1.54, 1.807) is 0 Å². The van der Waals surface area contributed by atoms with Crippen LogP contribution in [0.5, 0.6) is 0 Å². The van der Waals surface area contributed by atoms with E-state index < -0.39 is 6.10 Å². The molecule has 0 fully saturated rings. The lowest BCUT2D eigenvalue weighted by molar-refractivity contribution is -0.166. The molecule has 0 aromatic rings. The van der Waals surface area contributed by atoms with E-state index in [0.29, 0.717) is 19.3 Å². The van der Waals surface area contributed by atoms with Gasteiger partial charge in [0.1, 0.15) is 13.2 Å². The molecule has 0 N–H and O–H groups in total. The van der Waals surface area contributed by atoms with Crippen LogP contribution in [0.15, 0.2) is 60.8 Å². The molecule has 0 saturated heterocycles. The number of allylic oxidation sites excluding steroid dienone is 10. The predicted molar refractivity (Wildman–Crippen MR) is 288 cm³/mol. The van der Waals surface area contributed by atoms with Crippen LogP contribution < -0.4 is 0 Å². The molecule has 0 saturated carbocycles. The highest BCUT2D eigenvalue weighted by atomic mass is 16.6. The van der Waals surface area contributed by atoms with Crippen molar-refractivity contribution in [2.24, 2.45) is 0 Å². The van der Waals surface area contributed by atoms with Gasteiger partial charge < -0.3 is 14.2 Å². The Bertz CT molecular complexity index is 1210. The van der Waals surface area contributed by atoms with Gasteiger partial charge in [-0.3, -0.25) is 14.4 Å². The smallest absolute Gasteiger partial charge is 0.306 e. The zero-order valence-corrected chi connectivity index (χ0v) is 44.4. The Hall–Kier alpha value is -2.89. The molecular formula is C61H108O6. The van der Waals surface area contributed by atoms with Crippen LogP contribution in [0.3, 0.4) is 0 Å². The van der Waals surface area contributed by atoms with Gasteiger partial charge in [0.2, 0.25) is 0 Å². The van der Waals surface area contributed by atoms with Gasteiger partial charge in [-0.15, -0.1) is 0 Å². The molecule has 388 valence electrons. The molecule has 0 aromatic heterocycles. The van der Waals surface area contributed by atoms with Crippen LogP contribution in [0.2, 0.25) is 0 Å². The second kappa shape index (κ2) is 55.7. The Balaban J connectivity index is 4.43. The number of hydrogen-bond acceptors (Lipinski definition) is 6. The SMILES string of the molecule is CCCCCCC\C=C/C=C\C=C/CCCCCCCC(=O)OCC(COC(=O)CC/C=C\C/C=C\CCCCCCCC)OC(=O)CCCCCCCCCCCCCCCCCCCC. The van der Waals surface area contributed by atoms with Gasteiger partial charge in [0.25, 0.3) is 0 Å². The Labute approximate surface area is 415 Å². The van der Waals surface area contributed by atoms with Crippen molar-refractivity contribution in [3.63, 3.8) is 0 Å². The zero-order valence-electron chi connectivity index (χ0n) is 44.4. The number of carbonyl (C=O) groups excluding carboxylic acids is 3. The average Bonchev–Trinajstić information content (AvgIpc) is 3.33. The fraction of sp³-hybridized carbons (Fsp3) is 0.787. The van der Waals surface area contributed by atoms with Gasteiger partial charge in [0, 0.05) is 19.3 Å². The molecule has 1 unspecified atom stereocenters. The van der Waals surface area contributed by atoms with E-state index >= 15 is 0 Å². The van der Waals surface area contributed by atoms with Crippen molar-refractivity contribution in [1.29, 1.82) is 0 Å². The third-order valence-corrected chi connectivity index (χ3v) is 12.6. The molecule has 0 aromatic carbocycles. The van der Waals surface area contributed by atoms with Gasteiger partial charge in [0.05, 0.1) is 0 Å². The maximum absolute atomic E-state index is 12.8. The Kier molecular flexibility index (Phi) is 53.3. The summed E-state index contributed by atoms with van der Waals surface area (Å²) in [4.78, 5) is 38.1. The van der Waals surface area contributed by atoms with Gasteiger partial charge in [-0.1, -0.05) is 268 Å². The van der Waals surface area contributed by atoms with Crippen molar-refractivity contribution in [3.8, 4) is 0 Å². The van der Waals surface area contributed by atoms with Crippen molar-refractivity contribution in [3.05, 3.63) is 60.8 Å². The summed E-state index contributed by atoms with van der Waals surface area (Å²) in [7, 11) is 0. The van der Waals surface area contributed by atoms with Crippen LogP contribution in [-0.4, -0.2) is 37.2 Å². The summed E-state index contributed by atoms with van der Waals surface area (Å²) < 4.78 is 16.8. The van der Waals surface area contributed by atoms with E-state index in [-0.39, 0.29) is 37.5 Å². The fourth-order valence-electron chi connectivity index (χ4n) is 8.20. The number of rotatable bonds is 52. The maximum atomic E-state index is 12.8. The van der Waals surface area contributed by atoms with Crippen molar-refractivity contribution >= 4 is 17.9 Å². The third-order valence-electron chi connectivity index (χ3n) is 12.6. The quantitative estimate of drug-likeness (QED) is 0.0199. The van der Waals surface area contributed by atoms with Crippen LogP contribution in [0, 0.1) is 0 Å². The van der Waals surface area contributed by atoms with E-state index in [1.165, 1.54) is 173 Å². The summed E-state index contributed by atoms with van der Waals surface area (Å²) in [6, 6.07) is 0. The summed E-state index contributed by atoms with van der Waals surface area (Å²) >= 11 is 0. The standard InChI is InChI=1S/C61H108O6/c1-4-7-10-13-16-19-22-25-27-29-31-33-36-39-42-45-48-51-54-60(63)66-57-58(56-65-59(62)53-50-47-44-41-38-35-24-21-18-15-12-9-6-3)67-61(64)55-52-49-46-43-40-37-34-32-30-28-26-23-20-17-14-11-8-5-2/h22,25,27,29,31,33,35,38,44,47,58H,4-21,23-24,26,28,30,32,34,36-37,39-43,45-46,48-57H2,1-3H3/b25-22-,29-27-,33-31-,38-35-,47-44-. The fourth-order valence-corrected chi connectivity index (χ4v) is 8.20. The minimum absolute atomic E-state index is 0.0996. The summed E-state index contributed by atoms with van der Waals surface area (Å²) in [5, 5.41) is 0. The van der Waals surface area contributed by atoms with Crippen molar-refractivity contribution in [2.45, 2.75) is 297 Å². The maximum Gasteiger partial charge on any atom is 0.306 e. The first-order valence-electron chi connectivity index (χ1n) is 28.8. The van der Waals surface area contributed by atoms with Crippen molar-refractivity contribution in [2.75, 3.05) is 13.2 Å². The predicted octanol–water partition coefficient (Wildman–Crippen LogP) is 19.2. The zero-order chi connectivity index (χ0) is 48.6. The molecule has 1 atom stereocenters. The molecule has 0 aliphatic carbocycles. The molecule has 0 rings (SSSR count). The first kappa shape index (κ1) is 64.1. The molecule has 0 heterocycles. The van der Waals surface area contributed by atoms with E-state index in [1.807, 2.05) is 6.08 Å². The summed E-state index contributed by atoms with van der Waals surface area (Å²) in [5.41, 5.74) is 0. The summed E-state index contributed by atoms with van der Waals surface area (Å²) in [6.07, 6.45) is 69.4. The van der Waals surface area contributed by atoms with E-state index in [9.17, 15) is 14.4 Å². The molecule has 0 amide bonds. The molecule has 6 nitrogen and oxygen atoms in total. The number of esters is 3. The lowest BCUT2D eigenvalue weighted by atomic mass is 10.0. The van der Waals surface area contributed by atoms with Crippen molar-refractivity contribution in [1.82, 2.24) is 0 Å². The van der Waals surface area contributed by atoms with Crippen LogP contribution in [0.25, 0.3) is 0 Å². The largest absolute Gasteiger partial charge is 0.462 e. The molecule has 0 spiro atoms. The molecule has 0 aliphatic rings. The van der Waals surface area contributed by atoms with Gasteiger partial charge in [-0.05, 0) is 64.2 Å². The normalized spacial score (nSPS) is 12.5. The van der Waals surface area contributed by atoms with Gasteiger partial charge in [-0.2, -0.15) is 0 Å². The minimum Gasteiger partial charge on any atom is -0.462 e. The topological polar surface area (TPSA) is 78.9 Å². The van der Waals surface area contributed by atoms with Gasteiger partial charge in [-0.25, -0.2) is 0 Å². The monoisotopic (exact) mass is 937 g/mol. The Morgan fingerprint density at radius 1 is 0.313 bits per heavy atom. The number of ether oxygens (including phenoxy) is 3. The summed E-state index contributed by atoms with van der Waals surface area (Å²) in [5.74, 6) is -0.975. The molecule has 67 heavy (non-hydrogen) atoms. The molecule has 6 heteroatoms. The Morgan fingerprint density at radius 3 is 1.03 bits per heavy atom. The van der Waals surface area contributed by atoms with E-state index in [0.717, 1.165) is 70.6 Å². The highest BCUT2D eigenvalue weighted by Crippen LogP contribution is 2.16. The van der Waals surface area contributed by atoms with Gasteiger partial charge in [0.15, 0.2) is 6.10 Å². The van der Waals surface area contributed by atoms with E-state index in [4.69, 9.17) is 14.2 Å². The lowest BCUT2D eigenvalue weighted by Crippen LogP contribution is -2.30. The summed E-state index contributed by atoms with van der Waals surface area (Å²) in [6.45, 7) is 6.57.